The van der Waals surface area contributed by atoms with Crippen molar-refractivity contribution in [3.8, 4) is 0 Å². The van der Waals surface area contributed by atoms with Gasteiger partial charge >= 0.3 is 0 Å². The SMILES string of the molecule is CC1OCCC1(O)CNc1nc2ccc(N)cc2o1. The van der Waals surface area contributed by atoms with E-state index in [2.05, 4.69) is 10.3 Å². The molecule has 1 aliphatic heterocycles. The van der Waals surface area contributed by atoms with Gasteiger partial charge in [-0.05, 0) is 19.1 Å². The van der Waals surface area contributed by atoms with Crippen molar-refractivity contribution in [3.05, 3.63) is 18.2 Å². The van der Waals surface area contributed by atoms with E-state index in [1.54, 1.807) is 18.2 Å². The van der Waals surface area contributed by atoms with Crippen LogP contribution in [0.4, 0.5) is 11.7 Å². The van der Waals surface area contributed by atoms with Gasteiger partial charge in [-0.2, -0.15) is 4.98 Å². The van der Waals surface area contributed by atoms with Gasteiger partial charge in [0.1, 0.15) is 11.1 Å². The topological polar surface area (TPSA) is 93.5 Å². The number of nitrogens with two attached hydrogens (primary N) is 1. The highest BCUT2D eigenvalue weighted by Crippen LogP contribution is 2.27. The first-order valence-corrected chi connectivity index (χ1v) is 6.31. The lowest BCUT2D eigenvalue weighted by Gasteiger charge is -2.25. The smallest absolute Gasteiger partial charge is 0.295 e. The lowest BCUT2D eigenvalue weighted by molar-refractivity contribution is -0.0178. The van der Waals surface area contributed by atoms with E-state index in [0.717, 1.165) is 5.52 Å². The largest absolute Gasteiger partial charge is 0.423 e. The van der Waals surface area contributed by atoms with Crippen molar-refractivity contribution in [2.45, 2.75) is 25.0 Å². The molecule has 4 N–H and O–H groups in total. The number of oxazole rings is 1. The van der Waals surface area contributed by atoms with Crippen LogP contribution in [0.3, 0.4) is 0 Å². The summed E-state index contributed by atoms with van der Waals surface area (Å²) in [4.78, 5) is 4.29. The van der Waals surface area contributed by atoms with E-state index in [-0.39, 0.29) is 6.10 Å². The van der Waals surface area contributed by atoms with Gasteiger partial charge in [-0.25, -0.2) is 0 Å². The summed E-state index contributed by atoms with van der Waals surface area (Å²) >= 11 is 0. The van der Waals surface area contributed by atoms with Crippen LogP contribution in [0.25, 0.3) is 11.1 Å². The molecular weight excluding hydrogens is 246 g/mol. The van der Waals surface area contributed by atoms with Gasteiger partial charge in [0, 0.05) is 24.8 Å². The minimum atomic E-state index is -0.875. The van der Waals surface area contributed by atoms with Gasteiger partial charge in [0.05, 0.1) is 12.6 Å². The van der Waals surface area contributed by atoms with Crippen molar-refractivity contribution in [2.75, 3.05) is 24.2 Å². The molecule has 3 rings (SSSR count). The Morgan fingerprint density at radius 1 is 1.58 bits per heavy atom. The first kappa shape index (κ1) is 12.3. The number of aliphatic hydroxyl groups is 1. The molecule has 0 aliphatic carbocycles. The van der Waals surface area contributed by atoms with Crippen LogP contribution in [-0.4, -0.2) is 34.9 Å². The number of ether oxygens (including phenoxy) is 1. The zero-order valence-electron chi connectivity index (χ0n) is 10.7. The van der Waals surface area contributed by atoms with E-state index in [4.69, 9.17) is 14.9 Å². The molecule has 1 aromatic carbocycles. The molecule has 0 amide bonds. The van der Waals surface area contributed by atoms with Crippen LogP contribution in [0.1, 0.15) is 13.3 Å². The quantitative estimate of drug-likeness (QED) is 0.724. The second-order valence-corrected chi connectivity index (χ2v) is 4.97. The molecule has 1 fully saturated rings. The number of nitrogen functional groups attached to an aromatic ring is 1. The fraction of sp³-hybridized carbons (Fsp3) is 0.462. The number of hydrogen-bond acceptors (Lipinski definition) is 6. The highest BCUT2D eigenvalue weighted by molar-refractivity contribution is 5.78. The maximum Gasteiger partial charge on any atom is 0.295 e. The minimum absolute atomic E-state index is 0.194. The van der Waals surface area contributed by atoms with Gasteiger partial charge in [0.2, 0.25) is 0 Å². The minimum Gasteiger partial charge on any atom is -0.423 e. The van der Waals surface area contributed by atoms with Gasteiger partial charge in [-0.15, -0.1) is 0 Å². The summed E-state index contributed by atoms with van der Waals surface area (Å²) in [5, 5.41) is 13.4. The van der Waals surface area contributed by atoms with Crippen molar-refractivity contribution in [3.63, 3.8) is 0 Å². The van der Waals surface area contributed by atoms with Crippen LogP contribution >= 0.6 is 0 Å². The van der Waals surface area contributed by atoms with E-state index in [0.29, 0.717) is 36.9 Å². The van der Waals surface area contributed by atoms with Gasteiger partial charge in [0.15, 0.2) is 5.58 Å². The predicted octanol–water partition coefficient (Wildman–Crippen LogP) is 1.36. The second kappa shape index (κ2) is 4.40. The Bertz CT molecular complexity index is 598. The number of nitrogens with zero attached hydrogens (tertiary/aromatic N) is 1. The van der Waals surface area contributed by atoms with Gasteiger partial charge in [0.25, 0.3) is 6.01 Å². The average molecular weight is 263 g/mol. The van der Waals surface area contributed by atoms with E-state index in [9.17, 15) is 5.11 Å². The third-order valence-electron chi connectivity index (χ3n) is 3.62. The predicted molar refractivity (Wildman–Crippen MR) is 71.9 cm³/mol. The maximum atomic E-state index is 10.4. The summed E-state index contributed by atoms with van der Waals surface area (Å²) in [5.74, 6) is 0. The third-order valence-corrected chi connectivity index (χ3v) is 3.62. The van der Waals surface area contributed by atoms with Crippen molar-refractivity contribution in [2.24, 2.45) is 0 Å². The molecule has 2 unspecified atom stereocenters. The Balaban J connectivity index is 1.75. The molecule has 0 spiro atoms. The molecule has 1 aromatic heterocycles. The second-order valence-electron chi connectivity index (χ2n) is 4.97. The standard InChI is InChI=1S/C13H17N3O3/c1-8-13(17,4-5-18-8)7-15-12-16-10-3-2-9(14)6-11(10)19-12/h2-3,6,8,17H,4-5,7,14H2,1H3,(H,15,16). The Hall–Kier alpha value is -1.79. The molecule has 1 aliphatic rings. The number of hydrogen-bond donors (Lipinski definition) is 3. The highest BCUT2D eigenvalue weighted by Gasteiger charge is 2.39. The Morgan fingerprint density at radius 2 is 2.42 bits per heavy atom. The number of aromatic nitrogens is 1. The number of fused-ring (bicyclic) bond motifs is 1. The summed E-state index contributed by atoms with van der Waals surface area (Å²) in [6.45, 7) is 2.78. The Morgan fingerprint density at radius 3 is 3.16 bits per heavy atom. The molecule has 1 saturated heterocycles. The van der Waals surface area contributed by atoms with Crippen LogP contribution in [0.15, 0.2) is 22.6 Å². The van der Waals surface area contributed by atoms with Crippen molar-refractivity contribution >= 4 is 22.8 Å². The normalized spacial score (nSPS) is 26.9. The van der Waals surface area contributed by atoms with Crippen LogP contribution in [0, 0.1) is 0 Å². The van der Waals surface area contributed by atoms with E-state index < -0.39 is 5.60 Å². The van der Waals surface area contributed by atoms with Gasteiger partial charge in [-0.1, -0.05) is 0 Å². The number of benzene rings is 1. The fourth-order valence-electron chi connectivity index (χ4n) is 2.25. The molecule has 0 radical (unpaired) electrons. The zero-order valence-corrected chi connectivity index (χ0v) is 10.7. The van der Waals surface area contributed by atoms with Crippen LogP contribution in [-0.2, 0) is 4.74 Å². The zero-order chi connectivity index (χ0) is 13.5. The molecule has 0 saturated carbocycles. The first-order chi connectivity index (χ1) is 9.07. The van der Waals surface area contributed by atoms with Crippen molar-refractivity contribution in [1.29, 1.82) is 0 Å². The lowest BCUT2D eigenvalue weighted by atomic mass is 9.97. The van der Waals surface area contributed by atoms with Crippen LogP contribution < -0.4 is 11.1 Å². The van der Waals surface area contributed by atoms with E-state index in [1.165, 1.54) is 0 Å². The number of nitrogens with one attached hydrogen (secondary N) is 1. The van der Waals surface area contributed by atoms with Crippen molar-refractivity contribution in [1.82, 2.24) is 4.98 Å². The molecule has 0 bridgehead atoms. The maximum absolute atomic E-state index is 10.4. The number of rotatable bonds is 3. The third kappa shape index (κ3) is 2.24. The molecule has 2 heterocycles. The monoisotopic (exact) mass is 263 g/mol. The lowest BCUT2D eigenvalue weighted by Crippen LogP contribution is -2.43. The first-order valence-electron chi connectivity index (χ1n) is 6.31. The number of anilines is 2. The molecular formula is C13H17N3O3. The average Bonchev–Trinajstić information content (AvgIpc) is 2.91. The van der Waals surface area contributed by atoms with Crippen LogP contribution in [0.2, 0.25) is 0 Å². The fourth-order valence-corrected chi connectivity index (χ4v) is 2.25. The molecule has 2 atom stereocenters. The summed E-state index contributed by atoms with van der Waals surface area (Å²) < 4.78 is 10.9. The Kier molecular flexibility index (Phi) is 2.83. The highest BCUT2D eigenvalue weighted by atomic mass is 16.5. The van der Waals surface area contributed by atoms with E-state index >= 15 is 0 Å². The van der Waals surface area contributed by atoms with Crippen molar-refractivity contribution < 1.29 is 14.3 Å². The van der Waals surface area contributed by atoms with Gasteiger partial charge in [-0.3, -0.25) is 0 Å². The summed E-state index contributed by atoms with van der Waals surface area (Å²) in [6, 6.07) is 5.68. The summed E-state index contributed by atoms with van der Waals surface area (Å²) in [5.41, 5.74) is 6.80. The molecule has 6 heteroatoms. The Labute approximate surface area is 110 Å². The van der Waals surface area contributed by atoms with Gasteiger partial charge < -0.3 is 25.3 Å². The van der Waals surface area contributed by atoms with E-state index in [1.807, 2.05) is 6.92 Å². The molecule has 19 heavy (non-hydrogen) atoms. The summed E-state index contributed by atoms with van der Waals surface area (Å²) in [6.07, 6.45) is 0.411. The molecule has 6 nitrogen and oxygen atoms in total. The molecule has 102 valence electrons. The van der Waals surface area contributed by atoms with Crippen LogP contribution in [0.5, 0.6) is 0 Å². The molecule has 2 aromatic rings. The summed E-state index contributed by atoms with van der Waals surface area (Å²) in [7, 11) is 0.